The number of rotatable bonds is 5. The van der Waals surface area contributed by atoms with Gasteiger partial charge in [0.2, 0.25) is 5.91 Å². The summed E-state index contributed by atoms with van der Waals surface area (Å²) in [6.07, 6.45) is 2.01. The van der Waals surface area contributed by atoms with Gasteiger partial charge in [-0.1, -0.05) is 12.1 Å². The van der Waals surface area contributed by atoms with Crippen molar-refractivity contribution < 1.29 is 14.0 Å². The molecule has 4 nitrogen and oxygen atoms in total. The highest BCUT2D eigenvalue weighted by Gasteiger charge is 2.11. The van der Waals surface area contributed by atoms with Crippen molar-refractivity contribution in [3.05, 3.63) is 59.4 Å². The molecule has 120 valence electrons. The number of benzene rings is 2. The largest absolute Gasteiger partial charge is 0.324 e. The van der Waals surface area contributed by atoms with Gasteiger partial charge in [-0.2, -0.15) is 11.8 Å². The predicted molar refractivity (Wildman–Crippen MR) is 92.3 cm³/mol. The van der Waals surface area contributed by atoms with Crippen LogP contribution in [0, 0.1) is 5.82 Å². The van der Waals surface area contributed by atoms with E-state index in [4.69, 9.17) is 0 Å². The lowest BCUT2D eigenvalue weighted by Crippen LogP contribution is -2.14. The summed E-state index contributed by atoms with van der Waals surface area (Å²) in [5.41, 5.74) is 2.03. The normalized spacial score (nSPS) is 10.2. The third-order valence-electron chi connectivity index (χ3n) is 3.04. The summed E-state index contributed by atoms with van der Waals surface area (Å²) in [7, 11) is 0. The fourth-order valence-corrected chi connectivity index (χ4v) is 2.57. The monoisotopic (exact) mass is 332 g/mol. The van der Waals surface area contributed by atoms with Crippen LogP contribution in [0.1, 0.15) is 22.8 Å². The Labute approximate surface area is 138 Å². The smallest absolute Gasteiger partial charge is 0.255 e. The molecule has 2 rings (SSSR count). The molecule has 2 amide bonds. The zero-order valence-corrected chi connectivity index (χ0v) is 13.7. The minimum atomic E-state index is -0.585. The first-order chi connectivity index (χ1) is 11.0. The van der Waals surface area contributed by atoms with Crippen LogP contribution in [0.5, 0.6) is 0 Å². The van der Waals surface area contributed by atoms with Gasteiger partial charge in [0, 0.05) is 23.9 Å². The van der Waals surface area contributed by atoms with Gasteiger partial charge in [0.15, 0.2) is 0 Å². The molecule has 0 bridgehead atoms. The molecular formula is C17H17FN2O2S. The van der Waals surface area contributed by atoms with Gasteiger partial charge in [-0.05, 0) is 42.2 Å². The average molecular weight is 332 g/mol. The number of halogens is 1. The zero-order chi connectivity index (χ0) is 16.8. The third kappa shape index (κ3) is 4.82. The molecule has 2 aromatic carbocycles. The number of hydrogen-bond donors (Lipinski definition) is 2. The highest BCUT2D eigenvalue weighted by atomic mass is 32.2. The Hall–Kier alpha value is -2.34. The maximum Gasteiger partial charge on any atom is 0.255 e. The second-order valence-electron chi connectivity index (χ2n) is 4.96. The van der Waals surface area contributed by atoms with Crippen molar-refractivity contribution in [2.75, 3.05) is 16.9 Å². The molecule has 0 heterocycles. The average Bonchev–Trinajstić information content (AvgIpc) is 2.49. The van der Waals surface area contributed by atoms with Gasteiger partial charge in [-0.25, -0.2) is 4.39 Å². The molecule has 0 unspecified atom stereocenters. The lowest BCUT2D eigenvalue weighted by Gasteiger charge is -2.09. The van der Waals surface area contributed by atoms with E-state index in [9.17, 15) is 14.0 Å². The number of carbonyl (C=O) groups excluding carboxylic acids is 2. The minimum Gasteiger partial charge on any atom is -0.324 e. The van der Waals surface area contributed by atoms with E-state index in [1.165, 1.54) is 19.1 Å². The third-order valence-corrected chi connectivity index (χ3v) is 3.66. The summed E-state index contributed by atoms with van der Waals surface area (Å²) in [5.74, 6) is -0.490. The van der Waals surface area contributed by atoms with Crippen LogP contribution in [0.3, 0.4) is 0 Å². The molecule has 0 aliphatic heterocycles. The van der Waals surface area contributed by atoms with Crippen LogP contribution in [0.15, 0.2) is 42.5 Å². The van der Waals surface area contributed by atoms with E-state index in [0.29, 0.717) is 5.69 Å². The number of nitrogens with one attached hydrogen (secondary N) is 2. The molecule has 0 aliphatic carbocycles. The molecule has 2 N–H and O–H groups in total. The van der Waals surface area contributed by atoms with E-state index in [-0.39, 0.29) is 17.2 Å². The fraction of sp³-hybridized carbons (Fsp3) is 0.176. The van der Waals surface area contributed by atoms with Gasteiger partial charge >= 0.3 is 0 Å². The second kappa shape index (κ2) is 7.78. The molecule has 0 fully saturated rings. The number of hydrogen-bond acceptors (Lipinski definition) is 3. The maximum absolute atomic E-state index is 13.6. The predicted octanol–water partition coefficient (Wildman–Crippen LogP) is 3.90. The van der Waals surface area contributed by atoms with Crippen LogP contribution in [-0.4, -0.2) is 18.1 Å². The quantitative estimate of drug-likeness (QED) is 0.873. The van der Waals surface area contributed by atoms with Crippen LogP contribution < -0.4 is 10.6 Å². The lowest BCUT2D eigenvalue weighted by molar-refractivity contribution is -0.114. The number of anilines is 2. The Morgan fingerprint density at radius 2 is 1.91 bits per heavy atom. The molecular weight excluding hydrogens is 315 g/mol. The van der Waals surface area contributed by atoms with Crippen molar-refractivity contribution in [2.45, 2.75) is 12.7 Å². The minimum absolute atomic E-state index is 0.0127. The number of thioether (sulfide) groups is 1. The lowest BCUT2D eigenvalue weighted by atomic mass is 10.1. The van der Waals surface area contributed by atoms with Gasteiger partial charge in [0.25, 0.3) is 5.91 Å². The summed E-state index contributed by atoms with van der Waals surface area (Å²) in [6.45, 7) is 1.28. The summed E-state index contributed by atoms with van der Waals surface area (Å²) in [4.78, 5) is 23.3. The second-order valence-corrected chi connectivity index (χ2v) is 5.83. The molecule has 2 aromatic rings. The van der Waals surface area contributed by atoms with E-state index in [1.54, 1.807) is 17.8 Å². The van der Waals surface area contributed by atoms with Crippen LogP contribution in [0.4, 0.5) is 15.8 Å². The summed E-state index contributed by atoms with van der Waals surface area (Å²) in [5, 5.41) is 5.14. The first kappa shape index (κ1) is 17.0. The Bertz CT molecular complexity index is 734. The van der Waals surface area contributed by atoms with Crippen molar-refractivity contribution in [3.8, 4) is 0 Å². The van der Waals surface area contributed by atoms with Crippen LogP contribution in [0.2, 0.25) is 0 Å². The molecule has 0 aliphatic rings. The number of amides is 2. The van der Waals surface area contributed by atoms with Gasteiger partial charge in [-0.3, -0.25) is 9.59 Å². The summed E-state index contributed by atoms with van der Waals surface area (Å²) in [6, 6.07) is 11.4. The van der Waals surface area contributed by atoms with Crippen LogP contribution in [0.25, 0.3) is 0 Å². The summed E-state index contributed by atoms with van der Waals surface area (Å²) >= 11 is 1.69. The van der Waals surface area contributed by atoms with E-state index in [0.717, 1.165) is 17.4 Å². The topological polar surface area (TPSA) is 58.2 Å². The fourth-order valence-electron chi connectivity index (χ4n) is 2.06. The molecule has 0 saturated carbocycles. The highest BCUT2D eigenvalue weighted by Crippen LogP contribution is 2.19. The van der Waals surface area contributed by atoms with Gasteiger partial charge < -0.3 is 10.6 Å². The van der Waals surface area contributed by atoms with E-state index >= 15 is 0 Å². The SMILES string of the molecule is CSCc1cccc(NC(=O)c2ccc(F)c(NC(C)=O)c2)c1. The van der Waals surface area contributed by atoms with Crippen molar-refractivity contribution in [1.29, 1.82) is 0 Å². The molecule has 0 saturated heterocycles. The van der Waals surface area contributed by atoms with E-state index < -0.39 is 11.7 Å². The van der Waals surface area contributed by atoms with Crippen LogP contribution in [-0.2, 0) is 10.5 Å². The van der Waals surface area contributed by atoms with Gasteiger partial charge in [0.05, 0.1) is 5.69 Å². The van der Waals surface area contributed by atoms with Crippen molar-refractivity contribution in [2.24, 2.45) is 0 Å². The van der Waals surface area contributed by atoms with Crippen LogP contribution >= 0.6 is 11.8 Å². The summed E-state index contributed by atoms with van der Waals surface area (Å²) < 4.78 is 13.6. The molecule has 0 atom stereocenters. The Kier molecular flexibility index (Phi) is 5.76. The molecule has 23 heavy (non-hydrogen) atoms. The Morgan fingerprint density at radius 3 is 2.61 bits per heavy atom. The Balaban J connectivity index is 2.17. The maximum atomic E-state index is 13.6. The molecule has 0 spiro atoms. The first-order valence-corrected chi connectivity index (χ1v) is 8.35. The molecule has 0 aromatic heterocycles. The van der Waals surface area contributed by atoms with E-state index in [1.807, 2.05) is 24.5 Å². The van der Waals surface area contributed by atoms with E-state index in [2.05, 4.69) is 10.6 Å². The first-order valence-electron chi connectivity index (χ1n) is 6.96. The van der Waals surface area contributed by atoms with Gasteiger partial charge in [0.1, 0.15) is 5.82 Å². The zero-order valence-electron chi connectivity index (χ0n) is 12.9. The van der Waals surface area contributed by atoms with Gasteiger partial charge in [-0.15, -0.1) is 0 Å². The number of carbonyl (C=O) groups is 2. The Morgan fingerprint density at radius 1 is 1.13 bits per heavy atom. The van der Waals surface area contributed by atoms with Crippen molar-refractivity contribution in [3.63, 3.8) is 0 Å². The molecule has 0 radical (unpaired) electrons. The van der Waals surface area contributed by atoms with Crippen molar-refractivity contribution in [1.82, 2.24) is 0 Å². The standard InChI is InChI=1S/C17H17FN2O2S/c1-11(21)19-16-9-13(6-7-15(16)18)17(22)20-14-5-3-4-12(8-14)10-23-2/h3-9H,10H2,1-2H3,(H,19,21)(H,20,22). The van der Waals surface area contributed by atoms with Crippen molar-refractivity contribution >= 4 is 35.0 Å². The molecule has 6 heteroatoms. The highest BCUT2D eigenvalue weighted by molar-refractivity contribution is 7.97.